The standard InChI is InChI=1S/C46H54N4O5/c1-30-7-6-10-37-24-36(51)14-12-31-13-16-42(52)43(21-31)55-28-33-23-35(46(17-19-53-20-18-46)34-8-4-3-5-9-34)22-32-26-50(27-40(32)33)45-41(29-54-37)38(15-11-30)39(25-48-2)44(47)49-45/h3-5,8-9,13,16,21-23,26-27,30,36-37,44,48-49,51-52H,6-7,10,12,14,17-20,24-25,28-29,47H2,1-2H3. The van der Waals surface area contributed by atoms with Crippen molar-refractivity contribution in [2.45, 2.75) is 88.7 Å². The first kappa shape index (κ1) is 37.4. The zero-order valence-electron chi connectivity index (χ0n) is 32.1. The second kappa shape index (κ2) is 16.3. The van der Waals surface area contributed by atoms with Crippen LogP contribution in [-0.2, 0) is 27.9 Å². The first-order valence-electron chi connectivity index (χ1n) is 20.0. The van der Waals surface area contributed by atoms with Crippen molar-refractivity contribution in [1.82, 2.24) is 15.2 Å². The van der Waals surface area contributed by atoms with Crippen molar-refractivity contribution in [3.8, 4) is 23.3 Å². The van der Waals surface area contributed by atoms with Crippen molar-refractivity contribution in [2.75, 3.05) is 33.4 Å². The lowest BCUT2D eigenvalue weighted by atomic mass is 9.68. The lowest BCUT2D eigenvalue weighted by Gasteiger charge is -2.39. The number of aryl methyl sites for hydroxylation is 1. The molecule has 288 valence electrons. The van der Waals surface area contributed by atoms with Gasteiger partial charge in [-0.3, -0.25) is 0 Å². The van der Waals surface area contributed by atoms with Crippen LogP contribution in [0.5, 0.6) is 11.5 Å². The Kier molecular flexibility index (Phi) is 11.1. The smallest absolute Gasteiger partial charge is 0.161 e. The number of nitrogens with zero attached hydrogens (tertiary/aromatic N) is 1. The molecule has 0 spiro atoms. The highest BCUT2D eigenvalue weighted by molar-refractivity contribution is 5.88. The van der Waals surface area contributed by atoms with Crippen LogP contribution in [0.25, 0.3) is 16.6 Å². The van der Waals surface area contributed by atoms with Crippen LogP contribution in [0.2, 0.25) is 0 Å². The Balaban J connectivity index is 1.34. The molecular formula is C46H54N4O5. The molecule has 6 bridgehead atoms. The van der Waals surface area contributed by atoms with E-state index >= 15 is 0 Å². The van der Waals surface area contributed by atoms with Crippen LogP contribution in [0.15, 0.2) is 89.8 Å². The minimum absolute atomic E-state index is 0.0926. The number of phenols is 1. The highest BCUT2D eigenvalue weighted by Gasteiger charge is 2.37. The number of hydrogen-bond acceptors (Lipinski definition) is 8. The van der Waals surface area contributed by atoms with Gasteiger partial charge in [-0.2, -0.15) is 0 Å². The largest absolute Gasteiger partial charge is 0.504 e. The fourth-order valence-corrected chi connectivity index (χ4v) is 8.91. The minimum atomic E-state index is -0.549. The van der Waals surface area contributed by atoms with Crippen LogP contribution < -0.4 is 21.1 Å². The minimum Gasteiger partial charge on any atom is -0.504 e. The number of aliphatic hydroxyl groups excluding tert-OH is 1. The van der Waals surface area contributed by atoms with E-state index in [2.05, 4.69) is 88.8 Å². The van der Waals surface area contributed by atoms with E-state index in [1.807, 2.05) is 19.2 Å². The summed E-state index contributed by atoms with van der Waals surface area (Å²) in [5, 5.41) is 31.4. The summed E-state index contributed by atoms with van der Waals surface area (Å²) in [7, 11) is 1.93. The van der Waals surface area contributed by atoms with E-state index in [1.165, 1.54) is 11.1 Å². The third-order valence-corrected chi connectivity index (χ3v) is 12.0. The van der Waals surface area contributed by atoms with Gasteiger partial charge in [-0.15, -0.1) is 0 Å². The summed E-state index contributed by atoms with van der Waals surface area (Å²) in [5.74, 6) is 8.71. The maximum Gasteiger partial charge on any atom is 0.161 e. The Morgan fingerprint density at radius 3 is 2.65 bits per heavy atom. The van der Waals surface area contributed by atoms with E-state index in [1.54, 1.807) is 6.07 Å². The van der Waals surface area contributed by atoms with Crippen LogP contribution >= 0.6 is 0 Å². The summed E-state index contributed by atoms with van der Waals surface area (Å²) >= 11 is 0. The number of aromatic nitrogens is 1. The molecule has 4 aromatic rings. The van der Waals surface area contributed by atoms with Gasteiger partial charge in [0.2, 0.25) is 0 Å². The van der Waals surface area contributed by atoms with Crippen molar-refractivity contribution >= 4 is 16.6 Å². The van der Waals surface area contributed by atoms with Crippen molar-refractivity contribution in [3.63, 3.8) is 0 Å². The summed E-state index contributed by atoms with van der Waals surface area (Å²) in [6.07, 6.45) is 9.42. The number of aliphatic hydroxyl groups is 1. The molecule has 0 saturated carbocycles. The Morgan fingerprint density at radius 1 is 1.00 bits per heavy atom. The van der Waals surface area contributed by atoms with Crippen molar-refractivity contribution in [2.24, 2.45) is 11.7 Å². The molecular weight excluding hydrogens is 689 g/mol. The maximum absolute atomic E-state index is 11.3. The number of phenolic OH excluding ortho intramolecular Hbond substituents is 1. The predicted molar refractivity (Wildman–Crippen MR) is 216 cm³/mol. The average Bonchev–Trinajstić information content (AvgIpc) is 3.63. The first-order valence-corrected chi connectivity index (χ1v) is 20.0. The second-order valence-corrected chi connectivity index (χ2v) is 15.8. The van der Waals surface area contributed by atoms with Crippen molar-refractivity contribution in [3.05, 3.63) is 112 Å². The molecule has 55 heavy (non-hydrogen) atoms. The third-order valence-electron chi connectivity index (χ3n) is 12.0. The van der Waals surface area contributed by atoms with Gasteiger partial charge in [-0.25, -0.2) is 0 Å². The van der Waals surface area contributed by atoms with Crippen LogP contribution in [-0.4, -0.2) is 66.6 Å². The Morgan fingerprint density at radius 2 is 1.84 bits per heavy atom. The molecule has 1 fully saturated rings. The molecule has 3 aromatic carbocycles. The topological polar surface area (TPSA) is 123 Å². The second-order valence-electron chi connectivity index (χ2n) is 15.8. The molecule has 4 aliphatic rings. The van der Waals surface area contributed by atoms with Crippen molar-refractivity contribution in [1.29, 1.82) is 0 Å². The summed E-state index contributed by atoms with van der Waals surface area (Å²) in [4.78, 5) is 0. The molecule has 0 aliphatic carbocycles. The Labute approximate surface area is 324 Å². The molecule has 9 heteroatoms. The molecule has 6 N–H and O–H groups in total. The maximum atomic E-state index is 11.3. The molecule has 1 saturated heterocycles. The van der Waals surface area contributed by atoms with E-state index in [0.29, 0.717) is 51.4 Å². The summed E-state index contributed by atoms with van der Waals surface area (Å²) in [6.45, 7) is 4.71. The highest BCUT2D eigenvalue weighted by Crippen LogP contribution is 2.44. The lowest BCUT2D eigenvalue weighted by molar-refractivity contribution is 0.0167. The van der Waals surface area contributed by atoms with Gasteiger partial charge in [-0.05, 0) is 104 Å². The van der Waals surface area contributed by atoms with Gasteiger partial charge in [0.1, 0.15) is 18.6 Å². The van der Waals surface area contributed by atoms with Crippen LogP contribution in [0.4, 0.5) is 0 Å². The molecule has 0 radical (unpaired) electrons. The fraction of sp³-hybridized carbons (Fsp3) is 0.435. The quantitative estimate of drug-likeness (QED) is 0.150. The molecule has 5 heterocycles. The molecule has 4 aliphatic heterocycles. The number of nitrogens with one attached hydrogen (secondary N) is 2. The molecule has 0 amide bonds. The zero-order chi connectivity index (χ0) is 37.9. The Hall–Kier alpha value is -4.56. The number of nitrogens with two attached hydrogens (primary N) is 1. The molecule has 4 atom stereocenters. The van der Waals surface area contributed by atoms with Gasteiger partial charge in [-0.1, -0.05) is 61.2 Å². The van der Waals surface area contributed by atoms with Gasteiger partial charge in [0.15, 0.2) is 11.5 Å². The van der Waals surface area contributed by atoms with E-state index < -0.39 is 12.3 Å². The normalized spacial score (nSPS) is 24.6. The number of dihydropyridines is 1. The molecule has 8 rings (SSSR count). The van der Waals surface area contributed by atoms with Gasteiger partial charge >= 0.3 is 0 Å². The van der Waals surface area contributed by atoms with Crippen LogP contribution in [0, 0.1) is 17.8 Å². The van der Waals surface area contributed by atoms with Crippen molar-refractivity contribution < 1.29 is 24.4 Å². The van der Waals surface area contributed by atoms with E-state index in [4.69, 9.17) is 19.9 Å². The number of likely N-dealkylation sites (N-methyl/N-ethyl adjacent to an activating group) is 1. The number of hydrogen-bond donors (Lipinski definition) is 5. The van der Waals surface area contributed by atoms with Gasteiger partial charge in [0, 0.05) is 65.4 Å². The monoisotopic (exact) mass is 742 g/mol. The number of aromatic hydroxyl groups is 1. The predicted octanol–water partition coefficient (Wildman–Crippen LogP) is 6.50. The fourth-order valence-electron chi connectivity index (χ4n) is 8.91. The summed E-state index contributed by atoms with van der Waals surface area (Å²) < 4.78 is 21.4. The number of rotatable bonds is 4. The highest BCUT2D eigenvalue weighted by atomic mass is 16.5. The number of benzene rings is 3. The lowest BCUT2D eigenvalue weighted by Crippen LogP contribution is -2.46. The van der Waals surface area contributed by atoms with Gasteiger partial charge < -0.3 is 45.4 Å². The van der Waals surface area contributed by atoms with Gasteiger partial charge in [0.05, 0.1) is 18.8 Å². The Bertz CT molecular complexity index is 2140. The van der Waals surface area contributed by atoms with E-state index in [9.17, 15) is 10.2 Å². The average molecular weight is 743 g/mol. The molecule has 4 unspecified atom stereocenters. The molecule has 1 aromatic heterocycles. The molecule has 9 nitrogen and oxygen atoms in total. The van der Waals surface area contributed by atoms with E-state index in [0.717, 1.165) is 76.5 Å². The zero-order valence-corrected chi connectivity index (χ0v) is 32.1. The summed E-state index contributed by atoms with van der Waals surface area (Å²) in [6, 6.07) is 20.9. The third kappa shape index (κ3) is 7.80. The first-order chi connectivity index (χ1) is 26.8. The van der Waals surface area contributed by atoms with Gasteiger partial charge in [0.25, 0.3) is 0 Å². The number of fused-ring (bicyclic) bond motifs is 6. The van der Waals surface area contributed by atoms with Crippen LogP contribution in [0.1, 0.15) is 74.1 Å². The number of ether oxygens (including phenoxy) is 3. The van der Waals surface area contributed by atoms with Crippen LogP contribution in [0.3, 0.4) is 0 Å². The SMILES string of the molecule is CNCC1=C2C#CC(C)CCCC3CC(O)CCc4ccc(O)c(c4)OCc4cc(C5(c6ccccc6)CCOCC5)cc5cn(cc45)C(=C2CO3)NC1N. The summed E-state index contributed by atoms with van der Waals surface area (Å²) in [5.41, 5.74) is 14.1. The van der Waals surface area contributed by atoms with E-state index in [-0.39, 0.29) is 29.8 Å².